The fourth-order valence-electron chi connectivity index (χ4n) is 1.80. The third-order valence-corrected chi connectivity index (χ3v) is 2.74. The summed E-state index contributed by atoms with van der Waals surface area (Å²) in [5.74, 6) is 0.974. The fourth-order valence-corrected chi connectivity index (χ4v) is 1.80. The summed E-state index contributed by atoms with van der Waals surface area (Å²) in [4.78, 5) is 8.07. The van der Waals surface area contributed by atoms with Gasteiger partial charge in [-0.05, 0) is 25.1 Å². The average Bonchev–Trinajstić information content (AvgIpc) is 2.49. The van der Waals surface area contributed by atoms with E-state index in [-0.39, 0.29) is 5.69 Å². The molecule has 0 unspecified atom stereocenters. The highest BCUT2D eigenvalue weighted by atomic mass is 19.1. The van der Waals surface area contributed by atoms with Gasteiger partial charge >= 0.3 is 0 Å². The number of aromatic nitrogens is 2. The van der Waals surface area contributed by atoms with Crippen molar-refractivity contribution in [2.45, 2.75) is 6.92 Å². The average molecular weight is 277 g/mol. The molecule has 0 amide bonds. The van der Waals surface area contributed by atoms with Crippen molar-refractivity contribution < 1.29 is 13.9 Å². The summed E-state index contributed by atoms with van der Waals surface area (Å²) >= 11 is 0. The Balaban J connectivity index is 2.56. The minimum atomic E-state index is -0.516. The molecule has 0 spiro atoms. The molecule has 0 saturated carbocycles. The highest BCUT2D eigenvalue weighted by molar-refractivity contribution is 5.70. The molecule has 6 heteroatoms. The van der Waals surface area contributed by atoms with Crippen molar-refractivity contribution in [3.05, 3.63) is 30.2 Å². The van der Waals surface area contributed by atoms with Crippen molar-refractivity contribution in [3.63, 3.8) is 0 Å². The topological polar surface area (TPSA) is 56.3 Å². The van der Waals surface area contributed by atoms with Crippen LogP contribution in [0, 0.1) is 5.82 Å². The number of hydrogen-bond acceptors (Lipinski definition) is 5. The van der Waals surface area contributed by atoms with Crippen LogP contribution in [-0.4, -0.2) is 30.7 Å². The van der Waals surface area contributed by atoms with Crippen LogP contribution in [-0.2, 0) is 0 Å². The molecule has 1 N–H and O–H groups in total. The van der Waals surface area contributed by atoms with E-state index >= 15 is 0 Å². The lowest BCUT2D eigenvalue weighted by atomic mass is 10.1. The smallest absolute Gasteiger partial charge is 0.223 e. The summed E-state index contributed by atoms with van der Waals surface area (Å²) in [6.07, 6.45) is 1.14. The summed E-state index contributed by atoms with van der Waals surface area (Å²) in [6, 6.07) is 5.13. The maximum atomic E-state index is 14.0. The van der Waals surface area contributed by atoms with Gasteiger partial charge in [0.1, 0.15) is 17.2 Å². The van der Waals surface area contributed by atoms with Gasteiger partial charge in [0.15, 0.2) is 5.82 Å². The Morgan fingerprint density at radius 3 is 2.70 bits per heavy atom. The molecule has 106 valence electrons. The van der Waals surface area contributed by atoms with E-state index in [9.17, 15) is 4.39 Å². The molecule has 20 heavy (non-hydrogen) atoms. The summed E-state index contributed by atoms with van der Waals surface area (Å²) in [5, 5.41) is 2.95. The molecule has 0 atom stereocenters. The molecule has 1 aromatic heterocycles. The molecule has 5 nitrogen and oxygen atoms in total. The van der Waals surface area contributed by atoms with Crippen LogP contribution in [0.1, 0.15) is 6.92 Å². The van der Waals surface area contributed by atoms with Gasteiger partial charge in [-0.2, -0.15) is 0 Å². The Kier molecular flexibility index (Phi) is 4.34. The molecular weight excluding hydrogens is 261 g/mol. The highest BCUT2D eigenvalue weighted by Crippen LogP contribution is 2.33. The summed E-state index contributed by atoms with van der Waals surface area (Å²) in [5.41, 5.74) is 0.692. The first-order valence-electron chi connectivity index (χ1n) is 6.18. The summed E-state index contributed by atoms with van der Waals surface area (Å²) in [7, 11) is 3.07. The number of nitrogens with one attached hydrogen (secondary N) is 1. The van der Waals surface area contributed by atoms with Crippen LogP contribution >= 0.6 is 0 Å². The molecule has 0 bridgehead atoms. The van der Waals surface area contributed by atoms with E-state index in [0.29, 0.717) is 29.6 Å². The predicted molar refractivity (Wildman–Crippen MR) is 74.7 cm³/mol. The van der Waals surface area contributed by atoms with Crippen molar-refractivity contribution in [2.75, 3.05) is 26.1 Å². The largest absolute Gasteiger partial charge is 0.497 e. The molecule has 0 aliphatic carbocycles. The zero-order valence-corrected chi connectivity index (χ0v) is 11.6. The van der Waals surface area contributed by atoms with Crippen molar-refractivity contribution in [2.24, 2.45) is 0 Å². The maximum Gasteiger partial charge on any atom is 0.223 e. The van der Waals surface area contributed by atoms with Gasteiger partial charge in [-0.1, -0.05) is 0 Å². The van der Waals surface area contributed by atoms with Crippen LogP contribution in [0.4, 0.5) is 10.3 Å². The normalized spacial score (nSPS) is 10.2. The Bertz CT molecular complexity index is 605. The van der Waals surface area contributed by atoms with Crippen molar-refractivity contribution in [3.8, 4) is 22.8 Å². The zero-order chi connectivity index (χ0) is 14.5. The molecule has 2 rings (SSSR count). The van der Waals surface area contributed by atoms with E-state index in [0.717, 1.165) is 6.20 Å². The van der Waals surface area contributed by atoms with Gasteiger partial charge < -0.3 is 14.8 Å². The van der Waals surface area contributed by atoms with Gasteiger partial charge in [0.2, 0.25) is 5.95 Å². The van der Waals surface area contributed by atoms with Gasteiger partial charge in [-0.25, -0.2) is 14.4 Å². The standard InChI is InChI=1S/C14H16FN3O2/c1-4-16-14-17-8-11(15)13(18-14)10-7-9(19-2)5-6-12(10)20-3/h5-8H,4H2,1-3H3,(H,16,17,18). The first-order valence-corrected chi connectivity index (χ1v) is 6.18. The monoisotopic (exact) mass is 277 g/mol. The first kappa shape index (κ1) is 14.0. The summed E-state index contributed by atoms with van der Waals surface area (Å²) < 4.78 is 24.4. The molecule has 1 heterocycles. The third-order valence-electron chi connectivity index (χ3n) is 2.74. The Morgan fingerprint density at radius 2 is 2.05 bits per heavy atom. The van der Waals surface area contributed by atoms with Crippen molar-refractivity contribution in [1.29, 1.82) is 0 Å². The van der Waals surface area contributed by atoms with Gasteiger partial charge in [-0.15, -0.1) is 0 Å². The van der Waals surface area contributed by atoms with Gasteiger partial charge in [0, 0.05) is 12.1 Å². The molecular formula is C14H16FN3O2. The Labute approximate surface area is 116 Å². The summed E-state index contributed by atoms with van der Waals surface area (Å²) in [6.45, 7) is 2.57. The molecule has 1 aromatic carbocycles. The van der Waals surface area contributed by atoms with Crippen LogP contribution in [0.25, 0.3) is 11.3 Å². The number of rotatable bonds is 5. The number of hydrogen-bond donors (Lipinski definition) is 1. The third kappa shape index (κ3) is 2.79. The number of benzene rings is 1. The molecule has 0 radical (unpaired) electrons. The van der Waals surface area contributed by atoms with Crippen LogP contribution in [0.2, 0.25) is 0 Å². The number of ether oxygens (including phenoxy) is 2. The lowest BCUT2D eigenvalue weighted by Crippen LogP contribution is -2.04. The van der Waals surface area contributed by atoms with E-state index in [4.69, 9.17) is 9.47 Å². The quantitative estimate of drug-likeness (QED) is 0.910. The zero-order valence-electron chi connectivity index (χ0n) is 11.6. The second-order valence-electron chi connectivity index (χ2n) is 3.99. The Morgan fingerprint density at radius 1 is 1.25 bits per heavy atom. The molecule has 0 fully saturated rings. The number of anilines is 1. The number of halogens is 1. The van der Waals surface area contributed by atoms with Crippen LogP contribution in [0.15, 0.2) is 24.4 Å². The molecule has 0 aliphatic heterocycles. The molecule has 2 aromatic rings. The van der Waals surface area contributed by atoms with E-state index < -0.39 is 5.82 Å². The molecule has 0 aliphatic rings. The van der Waals surface area contributed by atoms with Crippen molar-refractivity contribution >= 4 is 5.95 Å². The van der Waals surface area contributed by atoms with Gasteiger partial charge in [0.25, 0.3) is 0 Å². The molecule has 0 saturated heterocycles. The van der Waals surface area contributed by atoms with Crippen molar-refractivity contribution in [1.82, 2.24) is 9.97 Å². The van der Waals surface area contributed by atoms with E-state index in [1.54, 1.807) is 25.3 Å². The lowest BCUT2D eigenvalue weighted by molar-refractivity contribution is 0.404. The number of nitrogens with zero attached hydrogens (tertiary/aromatic N) is 2. The number of methoxy groups -OCH3 is 2. The minimum absolute atomic E-state index is 0.173. The highest BCUT2D eigenvalue weighted by Gasteiger charge is 2.15. The van der Waals surface area contributed by atoms with E-state index in [2.05, 4.69) is 15.3 Å². The van der Waals surface area contributed by atoms with E-state index in [1.807, 2.05) is 6.92 Å². The van der Waals surface area contributed by atoms with Gasteiger partial charge in [0.05, 0.1) is 20.4 Å². The first-order chi connectivity index (χ1) is 9.69. The minimum Gasteiger partial charge on any atom is -0.497 e. The fraction of sp³-hybridized carbons (Fsp3) is 0.286. The second-order valence-corrected chi connectivity index (χ2v) is 3.99. The SMILES string of the molecule is CCNc1ncc(F)c(-c2cc(OC)ccc2OC)n1. The Hall–Kier alpha value is -2.37. The van der Waals surface area contributed by atoms with Crippen LogP contribution in [0.5, 0.6) is 11.5 Å². The maximum absolute atomic E-state index is 14.0. The van der Waals surface area contributed by atoms with E-state index in [1.165, 1.54) is 7.11 Å². The second kappa shape index (κ2) is 6.18. The lowest BCUT2D eigenvalue weighted by Gasteiger charge is -2.11. The van der Waals surface area contributed by atoms with Gasteiger partial charge in [-0.3, -0.25) is 0 Å². The predicted octanol–water partition coefficient (Wildman–Crippen LogP) is 2.73. The van der Waals surface area contributed by atoms with Crippen LogP contribution in [0.3, 0.4) is 0 Å². The van der Waals surface area contributed by atoms with Crippen LogP contribution < -0.4 is 14.8 Å².